The molecule has 0 aromatic heterocycles. The molecule has 124 valence electrons. The molecule has 0 bridgehead atoms. The van der Waals surface area contributed by atoms with Gasteiger partial charge in [0.05, 0.1) is 0 Å². The molecule has 0 aromatic carbocycles. The monoisotopic (exact) mass is 318 g/mol. The SMILES string of the molecule is CC(=O)OC[C@@H](OC(C)=O)[C@@H](OC(C)=O)[C@H](C=O)OC(C)=O. The number of ether oxygens (including phenoxy) is 4. The third kappa shape index (κ3) is 7.98. The van der Waals surface area contributed by atoms with Crippen LogP contribution in [0.15, 0.2) is 0 Å². The number of hydrogen-bond donors (Lipinski definition) is 0. The first-order valence-electron chi connectivity index (χ1n) is 6.27. The lowest BCUT2D eigenvalue weighted by Gasteiger charge is -2.28. The highest BCUT2D eigenvalue weighted by Gasteiger charge is 2.37. The van der Waals surface area contributed by atoms with Crippen LogP contribution in [0.3, 0.4) is 0 Å². The summed E-state index contributed by atoms with van der Waals surface area (Å²) in [5, 5.41) is 0. The van der Waals surface area contributed by atoms with Crippen LogP contribution in [0.2, 0.25) is 0 Å². The first-order valence-corrected chi connectivity index (χ1v) is 6.27. The van der Waals surface area contributed by atoms with E-state index in [1.807, 2.05) is 0 Å². The highest BCUT2D eigenvalue weighted by Crippen LogP contribution is 2.13. The maximum absolute atomic E-state index is 11.2. The second-order valence-corrected chi connectivity index (χ2v) is 4.23. The van der Waals surface area contributed by atoms with Gasteiger partial charge in [0.25, 0.3) is 0 Å². The first kappa shape index (κ1) is 19.6. The van der Waals surface area contributed by atoms with E-state index in [4.69, 9.17) is 18.9 Å². The lowest BCUT2D eigenvalue weighted by Crippen LogP contribution is -2.48. The lowest BCUT2D eigenvalue weighted by molar-refractivity contribution is -0.188. The molecule has 0 heterocycles. The Kier molecular flexibility index (Phi) is 8.42. The fourth-order valence-electron chi connectivity index (χ4n) is 1.52. The molecule has 0 fully saturated rings. The summed E-state index contributed by atoms with van der Waals surface area (Å²) >= 11 is 0. The third-order valence-electron chi connectivity index (χ3n) is 2.20. The van der Waals surface area contributed by atoms with E-state index in [0.717, 1.165) is 27.7 Å². The molecule has 0 aliphatic heterocycles. The number of carbonyl (C=O) groups is 5. The van der Waals surface area contributed by atoms with Crippen molar-refractivity contribution in [2.75, 3.05) is 6.61 Å². The van der Waals surface area contributed by atoms with Crippen LogP contribution in [-0.4, -0.2) is 55.1 Å². The molecule has 0 spiro atoms. The minimum absolute atomic E-state index is 0.221. The molecule has 0 aromatic rings. The molecule has 22 heavy (non-hydrogen) atoms. The fraction of sp³-hybridized carbons (Fsp3) is 0.615. The zero-order chi connectivity index (χ0) is 17.3. The summed E-state index contributed by atoms with van der Waals surface area (Å²) < 4.78 is 19.2. The van der Waals surface area contributed by atoms with E-state index >= 15 is 0 Å². The zero-order valence-corrected chi connectivity index (χ0v) is 12.7. The van der Waals surface area contributed by atoms with Crippen LogP contribution in [-0.2, 0) is 42.9 Å². The van der Waals surface area contributed by atoms with Gasteiger partial charge in [-0.05, 0) is 0 Å². The van der Waals surface area contributed by atoms with Gasteiger partial charge in [0, 0.05) is 27.7 Å². The average molecular weight is 318 g/mol. The van der Waals surface area contributed by atoms with Crippen LogP contribution in [0.4, 0.5) is 0 Å². The topological polar surface area (TPSA) is 122 Å². The number of aldehydes is 1. The van der Waals surface area contributed by atoms with E-state index in [1.165, 1.54) is 0 Å². The molecule has 0 radical (unpaired) electrons. The van der Waals surface area contributed by atoms with Gasteiger partial charge in [-0.25, -0.2) is 0 Å². The van der Waals surface area contributed by atoms with Gasteiger partial charge < -0.3 is 18.9 Å². The van der Waals surface area contributed by atoms with Crippen LogP contribution in [0.1, 0.15) is 27.7 Å². The van der Waals surface area contributed by atoms with Gasteiger partial charge in [-0.2, -0.15) is 0 Å². The number of carbonyl (C=O) groups excluding carboxylic acids is 5. The highest BCUT2D eigenvalue weighted by molar-refractivity contribution is 5.72. The Bertz CT molecular complexity index is 443. The Morgan fingerprint density at radius 1 is 0.818 bits per heavy atom. The van der Waals surface area contributed by atoms with E-state index in [9.17, 15) is 24.0 Å². The van der Waals surface area contributed by atoms with Gasteiger partial charge in [0.15, 0.2) is 24.6 Å². The summed E-state index contributed by atoms with van der Waals surface area (Å²) in [6.07, 6.45) is -4.04. The van der Waals surface area contributed by atoms with E-state index < -0.39 is 48.8 Å². The summed E-state index contributed by atoms with van der Waals surface area (Å²) in [7, 11) is 0. The number of rotatable bonds is 8. The van der Waals surface area contributed by atoms with Gasteiger partial charge in [0.2, 0.25) is 0 Å². The normalized spacial score (nSPS) is 14.0. The van der Waals surface area contributed by atoms with E-state index in [-0.39, 0.29) is 6.29 Å². The molecule has 0 aliphatic carbocycles. The average Bonchev–Trinajstić information content (AvgIpc) is 2.37. The Morgan fingerprint density at radius 3 is 1.68 bits per heavy atom. The van der Waals surface area contributed by atoms with Crippen LogP contribution < -0.4 is 0 Å². The smallest absolute Gasteiger partial charge is 0.303 e. The molecule has 0 saturated heterocycles. The van der Waals surface area contributed by atoms with Crippen molar-refractivity contribution in [3.63, 3.8) is 0 Å². The maximum Gasteiger partial charge on any atom is 0.303 e. The summed E-state index contributed by atoms with van der Waals surface area (Å²) in [4.78, 5) is 55.2. The van der Waals surface area contributed by atoms with Crippen LogP contribution in [0, 0.1) is 0 Å². The second-order valence-electron chi connectivity index (χ2n) is 4.23. The predicted molar refractivity (Wildman–Crippen MR) is 69.4 cm³/mol. The molecule has 0 N–H and O–H groups in total. The molecule has 9 nitrogen and oxygen atoms in total. The van der Waals surface area contributed by atoms with Crippen molar-refractivity contribution in [1.82, 2.24) is 0 Å². The lowest BCUT2D eigenvalue weighted by atomic mass is 10.1. The summed E-state index contributed by atoms with van der Waals surface area (Å²) in [5.41, 5.74) is 0. The van der Waals surface area contributed by atoms with Crippen molar-refractivity contribution >= 4 is 30.2 Å². The van der Waals surface area contributed by atoms with E-state index in [1.54, 1.807) is 0 Å². The molecular formula is C13H18O9. The van der Waals surface area contributed by atoms with Gasteiger partial charge in [-0.1, -0.05) is 0 Å². The molecule has 0 aliphatic rings. The quantitative estimate of drug-likeness (QED) is 0.332. The van der Waals surface area contributed by atoms with E-state index in [0.29, 0.717) is 0 Å². The number of hydrogen-bond acceptors (Lipinski definition) is 9. The molecule has 0 unspecified atom stereocenters. The first-order chi connectivity index (χ1) is 10.2. The van der Waals surface area contributed by atoms with Gasteiger partial charge in [0.1, 0.15) is 6.61 Å². The standard InChI is InChI=1S/C13H18O9/c1-7(15)19-6-12(21-9(3)17)13(22-10(4)18)11(5-14)20-8(2)16/h5,11-13H,6H2,1-4H3/t11-,12+,13-/m0/s1. The van der Waals surface area contributed by atoms with Crippen LogP contribution in [0.5, 0.6) is 0 Å². The number of esters is 4. The van der Waals surface area contributed by atoms with Gasteiger partial charge in [-0.3, -0.25) is 24.0 Å². The molecule has 0 saturated carbocycles. The largest absolute Gasteiger partial charge is 0.462 e. The maximum atomic E-state index is 11.2. The van der Waals surface area contributed by atoms with E-state index in [2.05, 4.69) is 0 Å². The van der Waals surface area contributed by atoms with Crippen molar-refractivity contribution in [3.05, 3.63) is 0 Å². The van der Waals surface area contributed by atoms with Crippen molar-refractivity contribution in [2.45, 2.75) is 46.0 Å². The summed E-state index contributed by atoms with van der Waals surface area (Å²) in [6, 6.07) is 0. The molecule has 0 amide bonds. The van der Waals surface area contributed by atoms with Gasteiger partial charge >= 0.3 is 23.9 Å². The van der Waals surface area contributed by atoms with Crippen LogP contribution in [0.25, 0.3) is 0 Å². The van der Waals surface area contributed by atoms with Crippen molar-refractivity contribution in [2.24, 2.45) is 0 Å². The Balaban J connectivity index is 5.35. The van der Waals surface area contributed by atoms with Crippen molar-refractivity contribution < 1.29 is 42.9 Å². The van der Waals surface area contributed by atoms with Crippen LogP contribution >= 0.6 is 0 Å². The van der Waals surface area contributed by atoms with Gasteiger partial charge in [-0.15, -0.1) is 0 Å². The van der Waals surface area contributed by atoms with Crippen molar-refractivity contribution in [3.8, 4) is 0 Å². The second kappa shape index (κ2) is 9.48. The Labute approximate surface area is 126 Å². The summed E-state index contributed by atoms with van der Waals surface area (Å²) in [6.45, 7) is 3.83. The van der Waals surface area contributed by atoms with Crippen molar-refractivity contribution in [1.29, 1.82) is 0 Å². The predicted octanol–water partition coefficient (Wildman–Crippen LogP) is -0.456. The molecule has 0 rings (SSSR count). The zero-order valence-electron chi connectivity index (χ0n) is 12.7. The third-order valence-corrected chi connectivity index (χ3v) is 2.20. The fourth-order valence-corrected chi connectivity index (χ4v) is 1.52. The highest BCUT2D eigenvalue weighted by atomic mass is 16.6. The minimum Gasteiger partial charge on any atom is -0.462 e. The molecule has 3 atom stereocenters. The molecular weight excluding hydrogens is 300 g/mol. The Hall–Kier alpha value is -2.45. The Morgan fingerprint density at radius 2 is 1.32 bits per heavy atom. The molecule has 9 heteroatoms. The minimum atomic E-state index is -1.51. The summed E-state index contributed by atoms with van der Waals surface area (Å²) in [5.74, 6) is -3.04.